The van der Waals surface area contributed by atoms with Gasteiger partial charge in [0, 0.05) is 10.9 Å². The van der Waals surface area contributed by atoms with Crippen LogP contribution in [0.4, 0.5) is 0 Å². The first kappa shape index (κ1) is 28.7. The summed E-state index contributed by atoms with van der Waals surface area (Å²) in [4.78, 5) is 51.5. The summed E-state index contributed by atoms with van der Waals surface area (Å²) in [6.45, 7) is 0. The molecule has 0 amide bonds. The molecule has 3 heterocycles. The molecule has 0 radical (unpaired) electrons. The standard InChI is InChI=1S/C34H18O13/c35-16-5-1-13(2-6-16)9-22-27(38)23(33(43)45-22)15-10-18-19(12-21(37)29-25(18)20(11-15)32(42)46-29)26-28(39)30(47-34(26)44)24(31(40)41)14-3-7-17(36)8-4-14/h1-12,35-39H,(H,40,41)/b22-9-,30-24+. The SMILES string of the molecule is O=C1O/C(=C\c2ccc(O)cc2)C(O)=C1c1cc2c3c(c(O)cc(C4=C(O)/C(=C(\C(=O)O)c5ccc(O)cc5)OC4=O)c3c1)OC2=O. The number of hydrogen-bond acceptors (Lipinski definition) is 12. The van der Waals surface area contributed by atoms with Gasteiger partial charge < -0.3 is 44.8 Å². The molecule has 232 valence electrons. The van der Waals surface area contributed by atoms with Crippen LogP contribution in [-0.4, -0.2) is 54.5 Å². The minimum Gasteiger partial charge on any atom is -0.508 e. The van der Waals surface area contributed by atoms with Gasteiger partial charge in [0.15, 0.2) is 34.5 Å². The Balaban J connectivity index is 1.45. The fourth-order valence-electron chi connectivity index (χ4n) is 5.55. The molecule has 0 aliphatic carbocycles. The van der Waals surface area contributed by atoms with Crippen LogP contribution in [0.5, 0.6) is 23.0 Å². The van der Waals surface area contributed by atoms with Crippen LogP contribution in [0.3, 0.4) is 0 Å². The predicted molar refractivity (Wildman–Crippen MR) is 161 cm³/mol. The molecule has 6 N–H and O–H groups in total. The first-order chi connectivity index (χ1) is 22.4. The first-order valence-electron chi connectivity index (χ1n) is 13.6. The van der Waals surface area contributed by atoms with Crippen molar-refractivity contribution in [2.45, 2.75) is 0 Å². The molecule has 7 rings (SSSR count). The third-order valence-electron chi connectivity index (χ3n) is 7.66. The number of carbonyl (C=O) groups is 4. The molecule has 13 heteroatoms. The molecule has 0 saturated heterocycles. The Morgan fingerprint density at radius 3 is 1.96 bits per heavy atom. The number of phenolic OH excluding ortho intramolecular Hbond substituents is 3. The van der Waals surface area contributed by atoms with Crippen LogP contribution in [0.15, 0.2) is 89.8 Å². The van der Waals surface area contributed by atoms with E-state index in [4.69, 9.17) is 14.2 Å². The van der Waals surface area contributed by atoms with Gasteiger partial charge in [0.2, 0.25) is 0 Å². The highest BCUT2D eigenvalue weighted by atomic mass is 16.6. The topological polar surface area (TPSA) is 217 Å². The number of hydrogen-bond donors (Lipinski definition) is 6. The van der Waals surface area contributed by atoms with Crippen LogP contribution in [-0.2, 0) is 23.9 Å². The number of esters is 3. The van der Waals surface area contributed by atoms with Crippen molar-refractivity contribution in [3.8, 4) is 23.0 Å². The largest absolute Gasteiger partial charge is 0.508 e. The Kier molecular flexibility index (Phi) is 6.28. The maximum atomic E-state index is 13.3. The average molecular weight is 635 g/mol. The van der Waals surface area contributed by atoms with E-state index in [1.54, 1.807) is 0 Å². The lowest BCUT2D eigenvalue weighted by atomic mass is 9.90. The number of carboxylic acids is 1. The van der Waals surface area contributed by atoms with Gasteiger partial charge in [-0.05, 0) is 70.6 Å². The van der Waals surface area contributed by atoms with E-state index in [9.17, 15) is 49.8 Å². The molecule has 4 aromatic rings. The Bertz CT molecular complexity index is 2270. The molecule has 3 aliphatic heterocycles. The lowest BCUT2D eigenvalue weighted by molar-refractivity contribution is -0.132. The van der Waals surface area contributed by atoms with Crippen molar-refractivity contribution in [1.29, 1.82) is 0 Å². The van der Waals surface area contributed by atoms with E-state index in [0.29, 0.717) is 5.56 Å². The van der Waals surface area contributed by atoms with Gasteiger partial charge >= 0.3 is 23.9 Å². The normalized spacial score (nSPS) is 17.4. The highest BCUT2D eigenvalue weighted by molar-refractivity contribution is 6.29. The van der Waals surface area contributed by atoms with Gasteiger partial charge in [0.1, 0.15) is 28.2 Å². The second-order valence-electron chi connectivity index (χ2n) is 10.5. The van der Waals surface area contributed by atoms with Crippen LogP contribution in [0, 0.1) is 0 Å². The first-order valence-corrected chi connectivity index (χ1v) is 13.6. The van der Waals surface area contributed by atoms with Crippen molar-refractivity contribution in [3.63, 3.8) is 0 Å². The Labute approximate surface area is 262 Å². The molecule has 0 aromatic heterocycles. The average Bonchev–Trinajstić information content (AvgIpc) is 3.62. The number of phenols is 3. The molecule has 47 heavy (non-hydrogen) atoms. The van der Waals surface area contributed by atoms with Gasteiger partial charge in [-0.1, -0.05) is 24.3 Å². The molecule has 4 aromatic carbocycles. The van der Waals surface area contributed by atoms with Gasteiger partial charge in [0.05, 0.1) is 5.56 Å². The van der Waals surface area contributed by atoms with E-state index in [1.165, 1.54) is 66.7 Å². The molecule has 0 fully saturated rings. The molecule has 3 aliphatic rings. The summed E-state index contributed by atoms with van der Waals surface area (Å²) in [5.74, 6) is -8.19. The minimum absolute atomic E-state index is 0.00239. The van der Waals surface area contributed by atoms with Gasteiger partial charge in [-0.25, -0.2) is 19.2 Å². The van der Waals surface area contributed by atoms with E-state index in [0.717, 1.165) is 6.07 Å². The van der Waals surface area contributed by atoms with Gasteiger partial charge in [-0.2, -0.15) is 0 Å². The lowest BCUT2D eigenvalue weighted by Crippen LogP contribution is -2.06. The molecular weight excluding hydrogens is 616 g/mol. The van der Waals surface area contributed by atoms with Crippen molar-refractivity contribution in [3.05, 3.63) is 118 Å². The van der Waals surface area contributed by atoms with Crippen molar-refractivity contribution >= 4 is 57.4 Å². The number of carbonyl (C=O) groups excluding carboxylic acids is 3. The number of aliphatic hydroxyl groups excluding tert-OH is 2. The molecule has 0 bridgehead atoms. The number of rotatable bonds is 5. The third kappa shape index (κ3) is 4.49. The quantitative estimate of drug-likeness (QED) is 0.1000. The fourth-order valence-corrected chi connectivity index (χ4v) is 5.55. The van der Waals surface area contributed by atoms with Crippen molar-refractivity contribution in [2.24, 2.45) is 0 Å². The van der Waals surface area contributed by atoms with Crippen molar-refractivity contribution in [1.82, 2.24) is 0 Å². The molecule has 0 atom stereocenters. The maximum absolute atomic E-state index is 13.3. The summed E-state index contributed by atoms with van der Waals surface area (Å²) in [5, 5.41) is 62.2. The number of cyclic esters (lactones) is 2. The zero-order chi connectivity index (χ0) is 33.3. The fraction of sp³-hybridized carbons (Fsp3) is 0. The zero-order valence-corrected chi connectivity index (χ0v) is 23.5. The molecule has 0 saturated carbocycles. The van der Waals surface area contributed by atoms with E-state index in [1.807, 2.05) is 0 Å². The summed E-state index contributed by atoms with van der Waals surface area (Å²) in [6, 6.07) is 14.2. The van der Waals surface area contributed by atoms with E-state index in [-0.39, 0.29) is 61.6 Å². The molecular formula is C34H18O13. The zero-order valence-electron chi connectivity index (χ0n) is 23.5. The summed E-state index contributed by atoms with van der Waals surface area (Å²) < 4.78 is 15.7. The number of aliphatic hydroxyl groups is 2. The summed E-state index contributed by atoms with van der Waals surface area (Å²) in [6.07, 6.45) is 1.34. The van der Waals surface area contributed by atoms with Crippen LogP contribution in [0.1, 0.15) is 32.6 Å². The highest BCUT2D eigenvalue weighted by Gasteiger charge is 2.40. The maximum Gasteiger partial charge on any atom is 0.348 e. The van der Waals surface area contributed by atoms with Gasteiger partial charge in [-0.3, -0.25) is 0 Å². The van der Waals surface area contributed by atoms with E-state index < -0.39 is 58.1 Å². The van der Waals surface area contributed by atoms with Crippen molar-refractivity contribution in [2.75, 3.05) is 0 Å². The van der Waals surface area contributed by atoms with Crippen LogP contribution in [0.2, 0.25) is 0 Å². The Morgan fingerprint density at radius 2 is 1.30 bits per heavy atom. The smallest absolute Gasteiger partial charge is 0.348 e. The number of benzene rings is 4. The summed E-state index contributed by atoms with van der Waals surface area (Å²) >= 11 is 0. The van der Waals surface area contributed by atoms with Crippen LogP contribution in [0.25, 0.3) is 33.6 Å². The summed E-state index contributed by atoms with van der Waals surface area (Å²) in [5.41, 5.74) is -1.54. The van der Waals surface area contributed by atoms with Gasteiger partial charge in [0.25, 0.3) is 0 Å². The van der Waals surface area contributed by atoms with Gasteiger partial charge in [-0.15, -0.1) is 0 Å². The Morgan fingerprint density at radius 1 is 0.660 bits per heavy atom. The monoisotopic (exact) mass is 634 g/mol. The predicted octanol–water partition coefficient (Wildman–Crippen LogP) is 4.68. The van der Waals surface area contributed by atoms with Crippen LogP contribution >= 0.6 is 0 Å². The number of ether oxygens (including phenoxy) is 3. The molecule has 13 nitrogen and oxygen atoms in total. The van der Waals surface area contributed by atoms with E-state index in [2.05, 4.69) is 0 Å². The third-order valence-corrected chi connectivity index (χ3v) is 7.66. The lowest BCUT2D eigenvalue weighted by Gasteiger charge is -2.11. The minimum atomic E-state index is -1.57. The summed E-state index contributed by atoms with van der Waals surface area (Å²) in [7, 11) is 0. The van der Waals surface area contributed by atoms with E-state index >= 15 is 0 Å². The Hall–Kier alpha value is -7.02. The number of aromatic hydroxyl groups is 3. The number of carboxylic acid groups (broad SMARTS) is 1. The number of aliphatic carboxylic acids is 1. The second kappa shape index (κ2) is 10.3. The second-order valence-corrected chi connectivity index (χ2v) is 10.5. The highest BCUT2D eigenvalue weighted by Crippen LogP contribution is 2.49. The molecule has 0 unspecified atom stereocenters. The van der Waals surface area contributed by atoms with Crippen LogP contribution < -0.4 is 4.74 Å². The van der Waals surface area contributed by atoms with Crippen molar-refractivity contribution < 1.29 is 64.0 Å². The molecule has 0 spiro atoms.